The van der Waals surface area contributed by atoms with E-state index in [1.165, 1.54) is 98.3 Å². The molecule has 130 valence electrons. The van der Waals surface area contributed by atoms with Crippen molar-refractivity contribution in [3.05, 3.63) is 0 Å². The van der Waals surface area contributed by atoms with Crippen LogP contribution in [0, 0.1) is 0 Å². The van der Waals surface area contributed by atoms with E-state index in [0.29, 0.717) is 6.61 Å². The van der Waals surface area contributed by atoms with Gasteiger partial charge in [0.2, 0.25) is 0 Å². The Kier molecular flexibility index (Phi) is 22.3. The van der Waals surface area contributed by atoms with Gasteiger partial charge < -0.3 is 1.43 Å². The van der Waals surface area contributed by atoms with E-state index in [1.54, 1.807) is 0 Å². The molecule has 0 rings (SSSR count). The summed E-state index contributed by atoms with van der Waals surface area (Å²) >= 11 is 1.33. The Hall–Kier alpha value is 1.64. The second-order valence-electron chi connectivity index (χ2n) is 5.81. The van der Waals surface area contributed by atoms with Crippen molar-refractivity contribution in [3.8, 4) is 0 Å². The van der Waals surface area contributed by atoms with Crippen molar-refractivity contribution in [2.24, 2.45) is 0 Å². The Morgan fingerprint density at radius 3 is 1.36 bits per heavy atom. The van der Waals surface area contributed by atoms with Crippen molar-refractivity contribution in [2.45, 2.75) is 96.8 Å². The van der Waals surface area contributed by atoms with E-state index >= 15 is 0 Å². The van der Waals surface area contributed by atoms with Crippen LogP contribution >= 0.6 is 21.2 Å². The number of rotatable bonds is 16. The maximum absolute atomic E-state index is 10.7. The zero-order chi connectivity index (χ0) is 15.8. The fourth-order valence-corrected chi connectivity index (χ4v) is 3.31. The van der Waals surface area contributed by atoms with Crippen LogP contribution in [0.2, 0.25) is 0 Å². The van der Waals surface area contributed by atoms with Crippen molar-refractivity contribution in [2.75, 3.05) is 6.61 Å². The second-order valence-corrected chi connectivity index (χ2v) is 10.1. The summed E-state index contributed by atoms with van der Waals surface area (Å²) in [5, 5.41) is 0. The molecule has 3 nitrogen and oxygen atoms in total. The van der Waals surface area contributed by atoms with Gasteiger partial charge in [0.25, 0.3) is 0 Å². The van der Waals surface area contributed by atoms with E-state index in [2.05, 4.69) is 6.92 Å². The predicted octanol–water partition coefficient (Wildman–Crippen LogP) is 3.28. The minimum absolute atomic E-state index is 0. The first-order valence-corrected chi connectivity index (χ1v) is 12.6. The quantitative estimate of drug-likeness (QED) is 0.155. The molecule has 0 saturated carbocycles. The number of hydrogen-bond acceptors (Lipinski definition) is 3. The molecule has 0 saturated heterocycles. The van der Waals surface area contributed by atoms with Crippen LogP contribution in [0.1, 0.15) is 98.2 Å². The molecule has 0 radical (unpaired) electrons. The Morgan fingerprint density at radius 1 is 0.727 bits per heavy atom. The minimum atomic E-state index is -3.27. The average molecular weight is 456 g/mol. The summed E-state index contributed by atoms with van der Waals surface area (Å²) in [6.07, 6.45) is 18.2. The SMILES string of the molecule is CCCCCCCCCCCCCCCCOS(=O)(=O)I.[H-].[Na+]. The van der Waals surface area contributed by atoms with Gasteiger partial charge in [-0.2, -0.15) is 8.42 Å². The van der Waals surface area contributed by atoms with Crippen LogP contribution in [-0.4, -0.2) is 15.0 Å². The molecule has 0 aliphatic heterocycles. The molecule has 0 amide bonds. The third-order valence-electron chi connectivity index (χ3n) is 3.72. The monoisotopic (exact) mass is 456 g/mol. The van der Waals surface area contributed by atoms with Gasteiger partial charge in [-0.25, -0.2) is 0 Å². The van der Waals surface area contributed by atoms with Crippen LogP contribution in [0.4, 0.5) is 0 Å². The van der Waals surface area contributed by atoms with Gasteiger partial charge in [0.05, 0.1) is 6.61 Å². The third-order valence-corrected chi connectivity index (χ3v) is 4.93. The van der Waals surface area contributed by atoms with Crippen molar-refractivity contribution in [3.63, 3.8) is 0 Å². The van der Waals surface area contributed by atoms with Crippen molar-refractivity contribution < 1.29 is 43.6 Å². The second kappa shape index (κ2) is 19.0. The molecule has 6 heteroatoms. The molecule has 0 unspecified atom stereocenters. The van der Waals surface area contributed by atoms with Gasteiger partial charge in [-0.15, -0.1) is 0 Å². The maximum Gasteiger partial charge on any atom is 1.00 e. The van der Waals surface area contributed by atoms with Gasteiger partial charge in [-0.3, -0.25) is 4.18 Å². The molecule has 0 aromatic heterocycles. The Bertz CT molecular complexity index is 316. The van der Waals surface area contributed by atoms with Crippen molar-refractivity contribution in [1.82, 2.24) is 0 Å². The summed E-state index contributed by atoms with van der Waals surface area (Å²) in [6, 6.07) is 0. The first-order valence-electron chi connectivity index (χ1n) is 8.65. The fourth-order valence-electron chi connectivity index (χ4n) is 2.46. The Balaban J connectivity index is -0.00000200. The molecule has 0 atom stereocenters. The zero-order valence-corrected chi connectivity index (χ0v) is 19.6. The molecule has 22 heavy (non-hydrogen) atoms. The van der Waals surface area contributed by atoms with Gasteiger partial charge >= 0.3 is 36.8 Å². The molecular formula is C16H34INaO3S. The van der Waals surface area contributed by atoms with E-state index in [1.807, 2.05) is 0 Å². The Labute approximate surface area is 174 Å². The molecule has 0 aliphatic carbocycles. The molecule has 0 heterocycles. The standard InChI is InChI=1S/C16H33IO3S.Na.H/c1-2-3-4-5-6-7-8-9-10-11-12-13-14-15-16-20-21(17,18)19;;/h2-16H2,1H3;;/q;+1;-1. The predicted molar refractivity (Wildman–Crippen MR) is 100 cm³/mol. The van der Waals surface area contributed by atoms with Gasteiger partial charge in [0, 0.05) is 0 Å². The molecule has 0 aromatic rings. The minimum Gasteiger partial charge on any atom is -1.00 e. The van der Waals surface area contributed by atoms with E-state index in [-0.39, 0.29) is 31.0 Å². The summed E-state index contributed by atoms with van der Waals surface area (Å²) in [5.74, 6) is 0. The van der Waals surface area contributed by atoms with E-state index < -0.39 is 7.29 Å². The van der Waals surface area contributed by atoms with Crippen LogP contribution in [0.25, 0.3) is 0 Å². The largest absolute Gasteiger partial charge is 1.00 e. The summed E-state index contributed by atoms with van der Waals surface area (Å²) in [5.41, 5.74) is 0. The number of halogens is 1. The first-order chi connectivity index (χ1) is 10.1. The summed E-state index contributed by atoms with van der Waals surface area (Å²) in [7, 11) is -3.27. The van der Waals surface area contributed by atoms with E-state index in [9.17, 15) is 8.42 Å². The van der Waals surface area contributed by atoms with Crippen LogP contribution in [0.3, 0.4) is 0 Å². The molecule has 0 fully saturated rings. The van der Waals surface area contributed by atoms with Crippen LogP contribution in [0.15, 0.2) is 0 Å². The van der Waals surface area contributed by atoms with E-state index in [0.717, 1.165) is 12.8 Å². The summed E-state index contributed by atoms with van der Waals surface area (Å²) in [6.45, 7) is 2.60. The van der Waals surface area contributed by atoms with Crippen molar-refractivity contribution in [1.29, 1.82) is 0 Å². The molecule has 0 spiro atoms. The number of unbranched alkanes of at least 4 members (excludes halogenated alkanes) is 13. The van der Waals surface area contributed by atoms with E-state index in [4.69, 9.17) is 4.18 Å². The molecule has 0 N–H and O–H groups in total. The first kappa shape index (κ1) is 25.9. The molecule has 0 bridgehead atoms. The van der Waals surface area contributed by atoms with Gasteiger partial charge in [-0.1, -0.05) is 90.4 Å². The van der Waals surface area contributed by atoms with Crippen LogP contribution in [0.5, 0.6) is 0 Å². The van der Waals surface area contributed by atoms with Gasteiger partial charge in [-0.05, 0) is 6.42 Å². The van der Waals surface area contributed by atoms with Crippen molar-refractivity contribution >= 4 is 28.5 Å². The Morgan fingerprint density at radius 2 is 1.05 bits per heavy atom. The third kappa shape index (κ3) is 23.9. The smallest absolute Gasteiger partial charge is 1.00 e. The zero-order valence-electron chi connectivity index (χ0n) is 15.6. The fraction of sp³-hybridized carbons (Fsp3) is 1.00. The van der Waals surface area contributed by atoms with Gasteiger partial charge in [0.1, 0.15) is 21.2 Å². The van der Waals surface area contributed by atoms with Crippen LogP contribution in [-0.2, 0) is 11.5 Å². The topological polar surface area (TPSA) is 43.4 Å². The summed E-state index contributed by atoms with van der Waals surface area (Å²) < 4.78 is 26.2. The van der Waals surface area contributed by atoms with Crippen LogP contribution < -0.4 is 29.6 Å². The van der Waals surface area contributed by atoms with Gasteiger partial charge in [0.15, 0.2) is 0 Å². The average Bonchev–Trinajstić information content (AvgIpc) is 2.42. The molecular weight excluding hydrogens is 422 g/mol. The summed E-state index contributed by atoms with van der Waals surface area (Å²) in [4.78, 5) is 0. The molecule has 0 aliphatic rings. The normalized spacial score (nSPS) is 11.4. The molecule has 0 aromatic carbocycles. The number of hydrogen-bond donors (Lipinski definition) is 0. The maximum atomic E-state index is 10.7.